The van der Waals surface area contributed by atoms with Gasteiger partial charge in [0.15, 0.2) is 5.78 Å². The van der Waals surface area contributed by atoms with E-state index in [2.05, 4.69) is 10.6 Å². The van der Waals surface area contributed by atoms with Crippen molar-refractivity contribution in [2.75, 3.05) is 5.32 Å². The highest BCUT2D eigenvalue weighted by atomic mass is 32.1. The van der Waals surface area contributed by atoms with Crippen molar-refractivity contribution in [3.05, 3.63) is 56.5 Å². The summed E-state index contributed by atoms with van der Waals surface area (Å²) in [7, 11) is 0. The van der Waals surface area contributed by atoms with Crippen LogP contribution in [0.4, 0.5) is 9.80 Å². The predicted molar refractivity (Wildman–Crippen MR) is 122 cm³/mol. The largest absolute Gasteiger partial charge is 0.477 e. The van der Waals surface area contributed by atoms with Gasteiger partial charge in [0.25, 0.3) is 0 Å². The number of thiophene rings is 2. The van der Waals surface area contributed by atoms with E-state index >= 15 is 0 Å². The highest BCUT2D eigenvalue weighted by molar-refractivity contribution is 7.17. The minimum atomic E-state index is -0.984. The van der Waals surface area contributed by atoms with Gasteiger partial charge >= 0.3 is 12.0 Å². The summed E-state index contributed by atoms with van der Waals surface area (Å²) in [4.78, 5) is 37.9. The lowest BCUT2D eigenvalue weighted by atomic mass is 9.94. The summed E-state index contributed by atoms with van der Waals surface area (Å²) in [6.07, 6.45) is 7.65. The number of anilines is 1. The lowest BCUT2D eigenvalue weighted by Crippen LogP contribution is -2.29. The first kappa shape index (κ1) is 21.3. The number of aromatic nitrogens is 1. The third-order valence-electron chi connectivity index (χ3n) is 5.46. The monoisotopic (exact) mass is 457 g/mol. The molecule has 2 amide bonds. The van der Waals surface area contributed by atoms with E-state index in [1.54, 1.807) is 6.92 Å². The quantitative estimate of drug-likeness (QED) is 0.453. The van der Waals surface area contributed by atoms with Crippen molar-refractivity contribution in [1.82, 2.24) is 9.88 Å². The van der Waals surface area contributed by atoms with E-state index in [0.717, 1.165) is 41.8 Å². The van der Waals surface area contributed by atoms with Crippen molar-refractivity contribution in [3.63, 3.8) is 0 Å². The maximum atomic E-state index is 12.7. The van der Waals surface area contributed by atoms with Gasteiger partial charge in [0.2, 0.25) is 0 Å². The molecule has 162 valence electrons. The number of hydrogen-bond acceptors (Lipinski definition) is 5. The van der Waals surface area contributed by atoms with E-state index in [0.29, 0.717) is 16.1 Å². The van der Waals surface area contributed by atoms with Gasteiger partial charge < -0.3 is 15.0 Å². The minimum Gasteiger partial charge on any atom is -0.477 e. The molecule has 0 saturated heterocycles. The number of carboxylic acids is 1. The van der Waals surface area contributed by atoms with Crippen LogP contribution in [0.15, 0.2) is 24.5 Å². The molecule has 0 spiro atoms. The van der Waals surface area contributed by atoms with Crippen LogP contribution in [0.5, 0.6) is 0 Å². The fourth-order valence-corrected chi connectivity index (χ4v) is 6.43. The molecule has 0 aliphatic heterocycles. The zero-order chi connectivity index (χ0) is 22.1. The molecule has 0 unspecified atom stereocenters. The Morgan fingerprint density at radius 3 is 2.52 bits per heavy atom. The molecule has 4 rings (SSSR count). The molecule has 1 aliphatic carbocycles. The average molecular weight is 458 g/mol. The van der Waals surface area contributed by atoms with Crippen molar-refractivity contribution in [2.45, 2.75) is 46.1 Å². The van der Waals surface area contributed by atoms with Gasteiger partial charge in [-0.15, -0.1) is 22.7 Å². The van der Waals surface area contributed by atoms with E-state index in [1.165, 1.54) is 34.5 Å². The van der Waals surface area contributed by atoms with Crippen LogP contribution in [0.25, 0.3) is 5.00 Å². The maximum absolute atomic E-state index is 12.7. The Bertz CT molecular complexity index is 1160. The van der Waals surface area contributed by atoms with E-state index < -0.39 is 12.0 Å². The van der Waals surface area contributed by atoms with E-state index in [4.69, 9.17) is 0 Å². The summed E-state index contributed by atoms with van der Waals surface area (Å²) in [6, 6.07) is 3.31. The summed E-state index contributed by atoms with van der Waals surface area (Å²) in [6.45, 7) is 3.46. The molecule has 7 nitrogen and oxygen atoms in total. The number of ketones is 1. The Hall–Kier alpha value is -2.91. The summed E-state index contributed by atoms with van der Waals surface area (Å²) < 4.78 is 1.85. The van der Waals surface area contributed by atoms with E-state index in [-0.39, 0.29) is 17.2 Å². The zero-order valence-electron chi connectivity index (χ0n) is 17.3. The summed E-state index contributed by atoms with van der Waals surface area (Å²) in [5, 5.41) is 16.5. The maximum Gasteiger partial charge on any atom is 0.346 e. The molecule has 3 aromatic heterocycles. The number of hydrogen-bond donors (Lipinski definition) is 3. The second kappa shape index (κ2) is 8.68. The average Bonchev–Trinajstić information content (AvgIpc) is 3.43. The molecule has 3 aromatic rings. The SMILES string of the molecule is CC(=O)c1c(NC(=O)NCc2c(-n3cccc3)sc(C(=O)O)c2C)sc2c1CCCC2. The minimum absolute atomic E-state index is 0.0376. The second-order valence-corrected chi connectivity index (χ2v) is 9.62. The molecular weight excluding hydrogens is 434 g/mol. The fourth-order valence-electron chi connectivity index (χ4n) is 3.97. The first-order valence-corrected chi connectivity index (χ1v) is 11.7. The number of nitrogens with one attached hydrogen (secondary N) is 2. The molecule has 0 atom stereocenters. The molecule has 1 aliphatic rings. The van der Waals surface area contributed by atoms with Crippen LogP contribution < -0.4 is 10.6 Å². The number of carbonyl (C=O) groups excluding carboxylic acids is 2. The third-order valence-corrected chi connectivity index (χ3v) is 8.00. The predicted octanol–water partition coefficient (Wildman–Crippen LogP) is 5.01. The number of nitrogens with zero attached hydrogens (tertiary/aromatic N) is 1. The number of Topliss-reactive ketones (excluding diaryl/α,β-unsaturated/α-hetero) is 1. The molecule has 0 fully saturated rings. The van der Waals surface area contributed by atoms with Crippen LogP contribution in [0.2, 0.25) is 0 Å². The van der Waals surface area contributed by atoms with Crippen molar-refractivity contribution >= 4 is 45.5 Å². The normalized spacial score (nSPS) is 13.0. The van der Waals surface area contributed by atoms with Gasteiger partial charge in [0.1, 0.15) is 14.9 Å². The number of urea groups is 1. The molecule has 31 heavy (non-hydrogen) atoms. The Morgan fingerprint density at radius 2 is 1.84 bits per heavy atom. The molecular formula is C22H23N3O4S2. The number of amides is 2. The number of carboxylic acid groups (broad SMARTS) is 1. The van der Waals surface area contributed by atoms with Gasteiger partial charge in [0.05, 0.1) is 5.56 Å². The van der Waals surface area contributed by atoms with Crippen molar-refractivity contribution < 1.29 is 19.5 Å². The first-order chi connectivity index (χ1) is 14.9. The number of aromatic carboxylic acids is 1. The lowest BCUT2D eigenvalue weighted by molar-refractivity contribution is 0.0701. The number of rotatable bonds is 6. The number of carbonyl (C=O) groups is 3. The number of aryl methyl sites for hydroxylation is 1. The van der Waals surface area contributed by atoms with E-state index in [1.807, 2.05) is 29.1 Å². The van der Waals surface area contributed by atoms with Gasteiger partial charge in [-0.05, 0) is 62.8 Å². The van der Waals surface area contributed by atoms with Crippen molar-refractivity contribution in [2.24, 2.45) is 0 Å². The fraction of sp³-hybridized carbons (Fsp3) is 0.318. The Balaban J connectivity index is 1.55. The van der Waals surface area contributed by atoms with Crippen LogP contribution in [-0.2, 0) is 19.4 Å². The standard InChI is InChI=1S/C22H23N3O4S2/c1-12-15(20(25-9-5-6-10-25)31-18(12)21(27)28)11-23-22(29)24-19-17(13(2)26)14-7-3-4-8-16(14)30-19/h5-6,9-10H,3-4,7-8,11H2,1-2H3,(H,27,28)(H2,23,24,29). The summed E-state index contributed by atoms with van der Waals surface area (Å²) >= 11 is 2.66. The molecule has 0 radical (unpaired) electrons. The van der Waals surface area contributed by atoms with Crippen LogP contribution in [0.3, 0.4) is 0 Å². The van der Waals surface area contributed by atoms with Crippen LogP contribution in [-0.4, -0.2) is 27.5 Å². The Morgan fingerprint density at radius 1 is 1.13 bits per heavy atom. The number of fused-ring (bicyclic) bond motifs is 1. The van der Waals surface area contributed by atoms with Gasteiger partial charge in [-0.1, -0.05) is 0 Å². The van der Waals surface area contributed by atoms with Crippen molar-refractivity contribution in [1.29, 1.82) is 0 Å². The topological polar surface area (TPSA) is 100 Å². The van der Waals surface area contributed by atoms with Crippen LogP contribution in [0.1, 0.15) is 61.4 Å². The van der Waals surface area contributed by atoms with Gasteiger partial charge in [0, 0.05) is 29.4 Å². The van der Waals surface area contributed by atoms with Crippen LogP contribution in [0, 0.1) is 6.92 Å². The third kappa shape index (κ3) is 4.15. The molecule has 9 heteroatoms. The highest BCUT2D eigenvalue weighted by Gasteiger charge is 2.25. The smallest absolute Gasteiger partial charge is 0.346 e. The Kier molecular flexibility index (Phi) is 5.97. The molecule has 0 saturated carbocycles. The van der Waals surface area contributed by atoms with Crippen LogP contribution >= 0.6 is 22.7 Å². The molecule has 3 N–H and O–H groups in total. The zero-order valence-corrected chi connectivity index (χ0v) is 18.9. The van der Waals surface area contributed by atoms with Gasteiger partial charge in [-0.3, -0.25) is 10.1 Å². The van der Waals surface area contributed by atoms with Gasteiger partial charge in [-0.2, -0.15) is 0 Å². The summed E-state index contributed by atoms with van der Waals surface area (Å²) in [5.74, 6) is -1.02. The second-order valence-electron chi connectivity index (χ2n) is 7.51. The summed E-state index contributed by atoms with van der Waals surface area (Å²) in [5.41, 5.74) is 3.10. The van der Waals surface area contributed by atoms with Crippen molar-refractivity contribution in [3.8, 4) is 5.00 Å². The first-order valence-electron chi connectivity index (χ1n) is 10.1. The Labute approximate surface area is 187 Å². The molecule has 0 bridgehead atoms. The van der Waals surface area contributed by atoms with E-state index in [9.17, 15) is 19.5 Å². The lowest BCUT2D eigenvalue weighted by Gasteiger charge is -2.12. The highest BCUT2D eigenvalue weighted by Crippen LogP contribution is 2.38. The molecule has 0 aromatic carbocycles. The molecule has 3 heterocycles. The van der Waals surface area contributed by atoms with Gasteiger partial charge in [-0.25, -0.2) is 9.59 Å².